The minimum Gasteiger partial charge on any atom is -0.463 e. The Balaban J connectivity index is 1.76. The molecule has 174 valence electrons. The van der Waals surface area contributed by atoms with Crippen molar-refractivity contribution in [3.63, 3.8) is 0 Å². The van der Waals surface area contributed by atoms with E-state index in [1.807, 2.05) is 13.8 Å². The zero-order chi connectivity index (χ0) is 24.2. The van der Waals surface area contributed by atoms with Crippen LogP contribution in [0.5, 0.6) is 11.5 Å². The maximum absolute atomic E-state index is 12.3. The molecule has 0 fully saturated rings. The van der Waals surface area contributed by atoms with Gasteiger partial charge in [-0.3, -0.25) is 4.79 Å². The molecule has 2 aromatic rings. The van der Waals surface area contributed by atoms with Crippen molar-refractivity contribution in [2.45, 2.75) is 26.7 Å². The number of carbonyl (C=O) groups is 4. The highest BCUT2D eigenvalue weighted by molar-refractivity contribution is 5.97. The number of Topliss-reactive ketones (excluding diaryl/α,β-unsaturated/α-hetero) is 1. The zero-order valence-electron chi connectivity index (χ0n) is 18.6. The first-order chi connectivity index (χ1) is 15.8. The Morgan fingerprint density at radius 3 is 1.85 bits per heavy atom. The van der Waals surface area contributed by atoms with E-state index in [1.54, 1.807) is 24.3 Å². The second-order valence-electron chi connectivity index (χ2n) is 7.24. The summed E-state index contributed by atoms with van der Waals surface area (Å²) in [6, 6.07) is 12.1. The van der Waals surface area contributed by atoms with E-state index < -0.39 is 18.1 Å². The van der Waals surface area contributed by atoms with Crippen LogP contribution in [0, 0.1) is 5.92 Å². The molecule has 0 heterocycles. The number of rotatable bonds is 11. The molecule has 0 unspecified atom stereocenters. The quantitative estimate of drug-likeness (QED) is 0.119. The van der Waals surface area contributed by atoms with Gasteiger partial charge in [0, 0.05) is 17.6 Å². The summed E-state index contributed by atoms with van der Waals surface area (Å²) in [6.45, 7) is 7.24. The van der Waals surface area contributed by atoms with E-state index in [-0.39, 0.29) is 36.2 Å². The molecule has 33 heavy (non-hydrogen) atoms. The van der Waals surface area contributed by atoms with Crippen molar-refractivity contribution in [1.29, 1.82) is 0 Å². The van der Waals surface area contributed by atoms with Gasteiger partial charge in [-0.1, -0.05) is 20.4 Å². The number of hydrogen-bond acceptors (Lipinski definition) is 8. The van der Waals surface area contributed by atoms with E-state index in [4.69, 9.17) is 18.9 Å². The molecule has 2 aromatic carbocycles. The summed E-state index contributed by atoms with van der Waals surface area (Å²) < 4.78 is 20.1. The lowest BCUT2D eigenvalue weighted by Gasteiger charge is -2.08. The lowest BCUT2D eigenvalue weighted by Crippen LogP contribution is -2.13. The van der Waals surface area contributed by atoms with Crippen LogP contribution in [0.4, 0.5) is 4.79 Å². The molecule has 0 radical (unpaired) electrons. The number of unbranched alkanes of at least 4 members (excludes halogenated alkanes) is 1. The smallest absolute Gasteiger partial charge is 0.463 e. The first-order valence-electron chi connectivity index (χ1n) is 10.4. The third-order valence-electron chi connectivity index (χ3n) is 4.33. The van der Waals surface area contributed by atoms with Gasteiger partial charge < -0.3 is 18.9 Å². The summed E-state index contributed by atoms with van der Waals surface area (Å²) in [5.74, 6) is -0.694. The molecule has 0 amide bonds. The van der Waals surface area contributed by atoms with Crippen LogP contribution >= 0.6 is 0 Å². The summed E-state index contributed by atoms with van der Waals surface area (Å²) in [4.78, 5) is 46.9. The van der Waals surface area contributed by atoms with Gasteiger partial charge in [0.2, 0.25) is 0 Å². The maximum Gasteiger partial charge on any atom is 0.513 e. The fourth-order valence-corrected chi connectivity index (χ4v) is 2.56. The normalized spacial score (nSPS) is 10.3. The van der Waals surface area contributed by atoms with Crippen LogP contribution in [0.1, 0.15) is 47.4 Å². The fourth-order valence-electron chi connectivity index (χ4n) is 2.56. The number of esters is 2. The Hall–Kier alpha value is -3.94. The highest BCUT2D eigenvalue weighted by Crippen LogP contribution is 2.18. The highest BCUT2D eigenvalue weighted by Gasteiger charge is 2.13. The van der Waals surface area contributed by atoms with E-state index >= 15 is 0 Å². The molecule has 0 saturated heterocycles. The van der Waals surface area contributed by atoms with Crippen molar-refractivity contribution in [3.8, 4) is 11.5 Å². The van der Waals surface area contributed by atoms with E-state index in [9.17, 15) is 19.2 Å². The summed E-state index contributed by atoms with van der Waals surface area (Å²) in [7, 11) is 0. The second-order valence-corrected chi connectivity index (χ2v) is 7.24. The number of ketones is 1. The van der Waals surface area contributed by atoms with Gasteiger partial charge >= 0.3 is 18.1 Å². The molecule has 0 bridgehead atoms. The van der Waals surface area contributed by atoms with Crippen LogP contribution in [0.15, 0.2) is 61.2 Å². The van der Waals surface area contributed by atoms with Crippen LogP contribution in [0.3, 0.4) is 0 Å². The van der Waals surface area contributed by atoms with Crippen LogP contribution in [-0.2, 0) is 14.3 Å². The molecule has 0 aliphatic rings. The lowest BCUT2D eigenvalue weighted by atomic mass is 10.0. The third-order valence-corrected chi connectivity index (χ3v) is 4.33. The van der Waals surface area contributed by atoms with Gasteiger partial charge in [0.25, 0.3) is 0 Å². The van der Waals surface area contributed by atoms with Crippen molar-refractivity contribution in [1.82, 2.24) is 0 Å². The summed E-state index contributed by atoms with van der Waals surface area (Å²) in [5.41, 5.74) is 0.807. The number of hydrogen-bond donors (Lipinski definition) is 0. The Morgan fingerprint density at radius 2 is 1.30 bits per heavy atom. The van der Waals surface area contributed by atoms with E-state index in [0.29, 0.717) is 24.2 Å². The largest absolute Gasteiger partial charge is 0.513 e. The van der Waals surface area contributed by atoms with E-state index in [0.717, 1.165) is 6.08 Å². The Bertz CT molecular complexity index is 974. The van der Waals surface area contributed by atoms with Crippen LogP contribution < -0.4 is 9.47 Å². The first-order valence-corrected chi connectivity index (χ1v) is 10.4. The van der Waals surface area contributed by atoms with Gasteiger partial charge in [0.05, 0.1) is 18.8 Å². The Morgan fingerprint density at radius 1 is 0.788 bits per heavy atom. The topological polar surface area (TPSA) is 105 Å². The van der Waals surface area contributed by atoms with Crippen LogP contribution in [0.25, 0.3) is 0 Å². The van der Waals surface area contributed by atoms with Gasteiger partial charge in [0.15, 0.2) is 5.78 Å². The van der Waals surface area contributed by atoms with Crippen molar-refractivity contribution in [3.05, 3.63) is 72.3 Å². The summed E-state index contributed by atoms with van der Waals surface area (Å²) >= 11 is 0. The Kier molecular flexibility index (Phi) is 9.82. The fraction of sp³-hybridized carbons (Fsp3) is 0.280. The van der Waals surface area contributed by atoms with Gasteiger partial charge in [-0.25, -0.2) is 14.4 Å². The molecule has 0 N–H and O–H groups in total. The van der Waals surface area contributed by atoms with Gasteiger partial charge in [0.1, 0.15) is 11.5 Å². The molecule has 0 atom stereocenters. The van der Waals surface area contributed by atoms with E-state index in [2.05, 4.69) is 6.58 Å². The molecule has 8 nitrogen and oxygen atoms in total. The predicted molar refractivity (Wildman–Crippen MR) is 119 cm³/mol. The number of carbonyl (C=O) groups excluding carboxylic acids is 4. The SMILES string of the molecule is C=CC(=O)OCCCCOC(=O)Oc1ccc(C(=O)Oc2ccc(C(=O)C(C)C)cc2)cc1. The van der Waals surface area contributed by atoms with Gasteiger partial charge in [-0.15, -0.1) is 0 Å². The van der Waals surface area contributed by atoms with Crippen molar-refractivity contribution >= 4 is 23.9 Å². The third kappa shape index (κ3) is 8.60. The molecular formula is C25H26O8. The molecule has 2 rings (SSSR count). The standard InChI is InChI=1S/C25H26O8/c1-4-22(26)30-15-5-6-16-31-25(29)33-21-13-9-19(10-14-21)24(28)32-20-11-7-18(8-12-20)23(27)17(2)3/h4,7-14,17H,1,5-6,15-16H2,2-3H3. The highest BCUT2D eigenvalue weighted by atomic mass is 16.7. The minimum atomic E-state index is -0.885. The number of ether oxygens (including phenoxy) is 4. The maximum atomic E-state index is 12.3. The molecule has 0 aliphatic carbocycles. The van der Waals surface area contributed by atoms with Crippen molar-refractivity contribution in [2.75, 3.05) is 13.2 Å². The Labute approximate surface area is 192 Å². The average molecular weight is 454 g/mol. The predicted octanol–water partition coefficient (Wildman–Crippen LogP) is 4.77. The average Bonchev–Trinajstić information content (AvgIpc) is 2.81. The molecule has 8 heteroatoms. The second kappa shape index (κ2) is 12.8. The number of benzene rings is 2. The van der Waals surface area contributed by atoms with Gasteiger partial charge in [-0.05, 0) is 61.4 Å². The zero-order valence-corrected chi connectivity index (χ0v) is 18.6. The van der Waals surface area contributed by atoms with Crippen LogP contribution in [-0.4, -0.2) is 37.1 Å². The van der Waals surface area contributed by atoms with Crippen molar-refractivity contribution in [2.24, 2.45) is 5.92 Å². The molecule has 0 aliphatic heterocycles. The molecule has 0 spiro atoms. The summed E-state index contributed by atoms with van der Waals surface area (Å²) in [6.07, 6.45) is 1.22. The van der Waals surface area contributed by atoms with Gasteiger partial charge in [-0.2, -0.15) is 0 Å². The molecule has 0 aromatic heterocycles. The summed E-state index contributed by atoms with van der Waals surface area (Å²) in [5, 5.41) is 0. The lowest BCUT2D eigenvalue weighted by molar-refractivity contribution is -0.137. The monoisotopic (exact) mass is 454 g/mol. The van der Waals surface area contributed by atoms with Crippen molar-refractivity contribution < 1.29 is 38.1 Å². The minimum absolute atomic E-state index is 0.0102. The first kappa shape index (κ1) is 25.3. The molecular weight excluding hydrogens is 428 g/mol. The van der Waals surface area contributed by atoms with Crippen LogP contribution in [0.2, 0.25) is 0 Å². The van der Waals surface area contributed by atoms with E-state index in [1.165, 1.54) is 24.3 Å². The molecule has 0 saturated carbocycles.